The van der Waals surface area contributed by atoms with Crippen molar-refractivity contribution in [3.8, 4) is 17.2 Å². The third-order valence-corrected chi connectivity index (χ3v) is 6.47. The number of ether oxygens (including phenoxy) is 3. The molecule has 0 spiro atoms. The number of hydrogen-bond donors (Lipinski definition) is 2. The summed E-state index contributed by atoms with van der Waals surface area (Å²) < 4.78 is 44.3. The molecule has 1 amide bonds. The van der Waals surface area contributed by atoms with Crippen LogP contribution in [0.1, 0.15) is 13.3 Å². The Morgan fingerprint density at radius 3 is 2.18 bits per heavy atom. The smallest absolute Gasteiger partial charge is 0.265 e. The lowest BCUT2D eigenvalue weighted by molar-refractivity contribution is -0.122. The van der Waals surface area contributed by atoms with E-state index in [1.165, 1.54) is 44.6 Å². The van der Waals surface area contributed by atoms with Crippen LogP contribution in [0.3, 0.4) is 0 Å². The van der Waals surface area contributed by atoms with E-state index in [1.807, 2.05) is 6.92 Å². The molecular formula is C24H25ClN2O6S. The van der Waals surface area contributed by atoms with Crippen molar-refractivity contribution < 1.29 is 27.4 Å². The van der Waals surface area contributed by atoms with Gasteiger partial charge >= 0.3 is 0 Å². The number of carbonyl (C=O) groups is 1. The van der Waals surface area contributed by atoms with Crippen LogP contribution in [0.2, 0.25) is 5.02 Å². The molecule has 10 heteroatoms. The lowest BCUT2D eigenvalue weighted by Crippen LogP contribution is -2.32. The van der Waals surface area contributed by atoms with Gasteiger partial charge in [-0.2, -0.15) is 0 Å². The van der Waals surface area contributed by atoms with Crippen molar-refractivity contribution in [3.63, 3.8) is 0 Å². The van der Waals surface area contributed by atoms with Crippen LogP contribution in [-0.4, -0.2) is 34.6 Å². The summed E-state index contributed by atoms with van der Waals surface area (Å²) in [7, 11) is -0.990. The molecule has 180 valence electrons. The molecule has 1 atom stereocenters. The first-order valence-electron chi connectivity index (χ1n) is 10.3. The van der Waals surface area contributed by atoms with Crippen LogP contribution in [0, 0.1) is 0 Å². The minimum Gasteiger partial charge on any atom is -0.497 e. The number of benzene rings is 3. The fraction of sp³-hybridized carbons (Fsp3) is 0.208. The third-order valence-electron chi connectivity index (χ3n) is 4.84. The Hall–Kier alpha value is -3.43. The van der Waals surface area contributed by atoms with Crippen LogP contribution in [0.4, 0.5) is 11.4 Å². The fourth-order valence-electron chi connectivity index (χ4n) is 3.04. The van der Waals surface area contributed by atoms with E-state index in [9.17, 15) is 13.2 Å². The molecule has 0 saturated heterocycles. The first-order chi connectivity index (χ1) is 16.2. The van der Waals surface area contributed by atoms with E-state index in [0.29, 0.717) is 34.4 Å². The maximum absolute atomic E-state index is 12.9. The molecule has 0 fully saturated rings. The number of sulfonamides is 1. The highest BCUT2D eigenvalue weighted by molar-refractivity contribution is 7.92. The van der Waals surface area contributed by atoms with Gasteiger partial charge in [-0.25, -0.2) is 8.42 Å². The van der Waals surface area contributed by atoms with E-state index in [2.05, 4.69) is 10.0 Å². The standard InChI is InChI=1S/C24H25ClN2O6S/c1-4-22(33-18-9-5-16(25)6-10-18)24(28)26-17-7-12-20(13-8-17)34(29,30)27-21-15-19(31-2)11-14-23(21)32-3/h5-15,22,27H,4H2,1-3H3,(H,26,28)/t22-/m1/s1. The van der Waals surface area contributed by atoms with Crippen LogP contribution in [0.15, 0.2) is 71.6 Å². The number of hydrogen-bond acceptors (Lipinski definition) is 6. The molecule has 3 aromatic carbocycles. The molecule has 3 aromatic rings. The zero-order valence-corrected chi connectivity index (χ0v) is 20.4. The van der Waals surface area contributed by atoms with Gasteiger partial charge in [0.1, 0.15) is 17.2 Å². The summed E-state index contributed by atoms with van der Waals surface area (Å²) in [6.07, 6.45) is -0.292. The largest absolute Gasteiger partial charge is 0.497 e. The van der Waals surface area contributed by atoms with E-state index >= 15 is 0 Å². The molecule has 0 heterocycles. The first-order valence-corrected chi connectivity index (χ1v) is 12.2. The number of nitrogens with one attached hydrogen (secondary N) is 2. The molecule has 0 bridgehead atoms. The maximum Gasteiger partial charge on any atom is 0.265 e. The van der Waals surface area contributed by atoms with E-state index in [0.717, 1.165) is 0 Å². The van der Waals surface area contributed by atoms with Gasteiger partial charge in [-0.15, -0.1) is 0 Å². The summed E-state index contributed by atoms with van der Waals surface area (Å²) >= 11 is 5.88. The quantitative estimate of drug-likeness (QED) is 0.405. The summed E-state index contributed by atoms with van der Waals surface area (Å²) in [4.78, 5) is 12.7. The molecule has 0 unspecified atom stereocenters. The number of halogens is 1. The highest BCUT2D eigenvalue weighted by Gasteiger charge is 2.20. The van der Waals surface area contributed by atoms with Crippen LogP contribution in [0.5, 0.6) is 17.2 Å². The molecule has 0 radical (unpaired) electrons. The van der Waals surface area contributed by atoms with Gasteiger partial charge in [0, 0.05) is 16.8 Å². The van der Waals surface area contributed by atoms with Crippen molar-refractivity contribution in [2.75, 3.05) is 24.3 Å². The zero-order chi connectivity index (χ0) is 24.7. The number of carbonyl (C=O) groups excluding carboxylic acids is 1. The second-order valence-corrected chi connectivity index (χ2v) is 9.27. The van der Waals surface area contributed by atoms with E-state index in [4.69, 9.17) is 25.8 Å². The Morgan fingerprint density at radius 1 is 0.941 bits per heavy atom. The molecule has 0 aliphatic rings. The summed E-state index contributed by atoms with van der Waals surface area (Å²) in [5.74, 6) is 0.988. The maximum atomic E-state index is 12.9. The average molecular weight is 505 g/mol. The van der Waals surface area contributed by atoms with Crippen LogP contribution >= 0.6 is 11.6 Å². The van der Waals surface area contributed by atoms with Crippen molar-refractivity contribution in [3.05, 3.63) is 71.8 Å². The second kappa shape index (κ2) is 11.1. The summed E-state index contributed by atoms with van der Waals surface area (Å²) in [5, 5.41) is 3.31. The second-order valence-electron chi connectivity index (χ2n) is 7.15. The molecular weight excluding hydrogens is 480 g/mol. The SMILES string of the molecule is CC[C@@H](Oc1ccc(Cl)cc1)C(=O)Nc1ccc(S(=O)(=O)Nc2cc(OC)ccc2OC)cc1. The first kappa shape index (κ1) is 25.2. The molecule has 2 N–H and O–H groups in total. The minimum absolute atomic E-state index is 0.0137. The van der Waals surface area contributed by atoms with Crippen molar-refractivity contribution in [1.82, 2.24) is 0 Å². The van der Waals surface area contributed by atoms with Crippen molar-refractivity contribution in [2.45, 2.75) is 24.3 Å². The highest BCUT2D eigenvalue weighted by atomic mass is 35.5. The van der Waals surface area contributed by atoms with E-state index in [1.54, 1.807) is 36.4 Å². The number of anilines is 2. The molecule has 8 nitrogen and oxygen atoms in total. The van der Waals surface area contributed by atoms with Gasteiger partial charge in [0.25, 0.3) is 15.9 Å². The van der Waals surface area contributed by atoms with Crippen molar-refractivity contribution >= 4 is 38.9 Å². The van der Waals surface area contributed by atoms with Crippen LogP contribution in [0.25, 0.3) is 0 Å². The van der Waals surface area contributed by atoms with Gasteiger partial charge in [0.2, 0.25) is 0 Å². The van der Waals surface area contributed by atoms with Gasteiger partial charge in [-0.3, -0.25) is 9.52 Å². The predicted octanol–water partition coefficient (Wildman–Crippen LogP) is 4.95. The topological polar surface area (TPSA) is 103 Å². The fourth-order valence-corrected chi connectivity index (χ4v) is 4.22. The van der Waals surface area contributed by atoms with Crippen LogP contribution in [-0.2, 0) is 14.8 Å². The minimum atomic E-state index is -3.92. The molecule has 0 saturated carbocycles. The average Bonchev–Trinajstić information content (AvgIpc) is 2.83. The number of amides is 1. The highest BCUT2D eigenvalue weighted by Crippen LogP contribution is 2.31. The Kier molecular flexibility index (Phi) is 8.25. The summed E-state index contributed by atoms with van der Waals surface area (Å²) in [6, 6.07) is 17.3. The van der Waals surface area contributed by atoms with Gasteiger partial charge in [-0.05, 0) is 67.1 Å². The monoisotopic (exact) mass is 504 g/mol. The van der Waals surface area contributed by atoms with Gasteiger partial charge < -0.3 is 19.5 Å². The third kappa shape index (κ3) is 6.33. The van der Waals surface area contributed by atoms with Crippen LogP contribution < -0.4 is 24.2 Å². The van der Waals surface area contributed by atoms with Crippen molar-refractivity contribution in [1.29, 1.82) is 0 Å². The number of methoxy groups -OCH3 is 2. The van der Waals surface area contributed by atoms with Crippen molar-refractivity contribution in [2.24, 2.45) is 0 Å². The Balaban J connectivity index is 1.70. The molecule has 3 rings (SSSR count). The summed E-state index contributed by atoms with van der Waals surface area (Å²) in [6.45, 7) is 1.83. The van der Waals surface area contributed by atoms with E-state index in [-0.39, 0.29) is 16.5 Å². The summed E-state index contributed by atoms with van der Waals surface area (Å²) in [5.41, 5.74) is 0.672. The lowest BCUT2D eigenvalue weighted by Gasteiger charge is -2.17. The Bertz CT molecular complexity index is 1230. The molecule has 0 aliphatic heterocycles. The molecule has 0 aromatic heterocycles. The Labute approximate surface area is 203 Å². The predicted molar refractivity (Wildman–Crippen MR) is 132 cm³/mol. The van der Waals surface area contributed by atoms with Gasteiger partial charge in [-0.1, -0.05) is 18.5 Å². The van der Waals surface area contributed by atoms with E-state index < -0.39 is 16.1 Å². The van der Waals surface area contributed by atoms with Gasteiger partial charge in [0.15, 0.2) is 6.10 Å². The molecule has 34 heavy (non-hydrogen) atoms. The zero-order valence-electron chi connectivity index (χ0n) is 18.9. The van der Waals surface area contributed by atoms with Gasteiger partial charge in [0.05, 0.1) is 24.8 Å². The Morgan fingerprint density at radius 2 is 1.59 bits per heavy atom. The lowest BCUT2D eigenvalue weighted by atomic mass is 10.2. The molecule has 0 aliphatic carbocycles. The normalized spacial score (nSPS) is 11.9. The number of rotatable bonds is 10.